The topological polar surface area (TPSA) is 47.6 Å². The molecule has 26 heavy (non-hydrogen) atoms. The minimum Gasteiger partial charge on any atom is -0.493 e. The minimum atomic E-state index is 0.0785. The zero-order valence-electron chi connectivity index (χ0n) is 15.1. The number of nitrogens with one attached hydrogen (secondary N) is 1. The van der Waals surface area contributed by atoms with Crippen molar-refractivity contribution in [2.45, 2.75) is 6.42 Å². The van der Waals surface area contributed by atoms with Gasteiger partial charge in [0, 0.05) is 5.56 Å². The molecule has 0 fully saturated rings. The van der Waals surface area contributed by atoms with Crippen LogP contribution in [0.5, 0.6) is 11.5 Å². The molecule has 0 aliphatic heterocycles. The average Bonchev–Trinajstić information content (AvgIpc) is 2.70. The Hall–Kier alpha value is -2.85. The number of hydrogen-bond acceptors (Lipinski definition) is 4. The fraction of sp³-hybridized carbons (Fsp3) is 0.227. The van der Waals surface area contributed by atoms with E-state index < -0.39 is 0 Å². The summed E-state index contributed by atoms with van der Waals surface area (Å²) in [5.41, 5.74) is 1.95. The zero-order chi connectivity index (χ0) is 18.4. The van der Waals surface area contributed by atoms with Crippen LogP contribution < -0.4 is 14.8 Å². The van der Waals surface area contributed by atoms with Crippen molar-refractivity contribution >= 4 is 16.6 Å². The van der Waals surface area contributed by atoms with Gasteiger partial charge in [0.05, 0.1) is 20.8 Å². The molecule has 0 unspecified atom stereocenters. The Bertz CT molecular complexity index is 891. The van der Waals surface area contributed by atoms with Gasteiger partial charge in [-0.15, -0.1) is 0 Å². The first-order valence-corrected chi connectivity index (χ1v) is 8.65. The Morgan fingerprint density at radius 1 is 0.885 bits per heavy atom. The maximum atomic E-state index is 12.5. The largest absolute Gasteiger partial charge is 0.493 e. The summed E-state index contributed by atoms with van der Waals surface area (Å²) in [6.45, 7) is 1.10. The van der Waals surface area contributed by atoms with E-state index in [1.807, 2.05) is 48.5 Å². The van der Waals surface area contributed by atoms with Gasteiger partial charge < -0.3 is 14.8 Å². The van der Waals surface area contributed by atoms with Gasteiger partial charge in [0.2, 0.25) is 0 Å². The van der Waals surface area contributed by atoms with Gasteiger partial charge in [0.25, 0.3) is 0 Å². The normalized spacial score (nSPS) is 10.7. The van der Waals surface area contributed by atoms with Crippen LogP contribution in [0.2, 0.25) is 0 Å². The molecule has 0 aromatic heterocycles. The van der Waals surface area contributed by atoms with Gasteiger partial charge in [0.1, 0.15) is 0 Å². The average molecular weight is 349 g/mol. The van der Waals surface area contributed by atoms with Gasteiger partial charge in [0.15, 0.2) is 17.3 Å². The van der Waals surface area contributed by atoms with E-state index in [1.54, 1.807) is 14.2 Å². The lowest BCUT2D eigenvalue weighted by atomic mass is 10.0. The first kappa shape index (κ1) is 18.0. The third-order valence-corrected chi connectivity index (χ3v) is 4.38. The lowest BCUT2D eigenvalue weighted by Gasteiger charge is -2.10. The highest BCUT2D eigenvalue weighted by molar-refractivity contribution is 6.01. The smallest absolute Gasteiger partial charge is 0.176 e. The highest BCUT2D eigenvalue weighted by atomic mass is 16.5. The fourth-order valence-electron chi connectivity index (χ4n) is 2.93. The lowest BCUT2D eigenvalue weighted by Crippen LogP contribution is -2.25. The highest BCUT2D eigenvalue weighted by Crippen LogP contribution is 2.32. The van der Waals surface area contributed by atoms with Crippen LogP contribution in [0, 0.1) is 0 Å². The van der Waals surface area contributed by atoms with Gasteiger partial charge in [-0.1, -0.05) is 42.5 Å². The molecule has 4 heteroatoms. The molecule has 0 heterocycles. The SMILES string of the molecule is COc1cc2ccc(C(=O)CNCCc3ccccc3)cc2cc1OC. The maximum absolute atomic E-state index is 12.5. The Labute approximate surface area is 153 Å². The Balaban J connectivity index is 1.64. The van der Waals surface area contributed by atoms with Crippen molar-refractivity contribution in [2.75, 3.05) is 27.3 Å². The summed E-state index contributed by atoms with van der Waals surface area (Å²) >= 11 is 0. The van der Waals surface area contributed by atoms with Crippen molar-refractivity contribution in [3.05, 3.63) is 71.8 Å². The number of ketones is 1. The molecule has 0 aliphatic carbocycles. The van der Waals surface area contributed by atoms with E-state index in [0.717, 1.165) is 23.7 Å². The van der Waals surface area contributed by atoms with Crippen molar-refractivity contribution < 1.29 is 14.3 Å². The van der Waals surface area contributed by atoms with Crippen LogP contribution in [0.25, 0.3) is 10.8 Å². The first-order valence-electron chi connectivity index (χ1n) is 8.65. The van der Waals surface area contributed by atoms with Gasteiger partial charge in [-0.3, -0.25) is 4.79 Å². The molecule has 0 atom stereocenters. The standard InChI is InChI=1S/C22H23NO3/c1-25-21-13-17-8-9-18(12-19(17)14-22(21)26-2)20(24)15-23-11-10-16-6-4-3-5-7-16/h3-9,12-14,23H,10-11,15H2,1-2H3. The van der Waals surface area contributed by atoms with Crippen LogP contribution in [0.4, 0.5) is 0 Å². The van der Waals surface area contributed by atoms with Crippen LogP contribution >= 0.6 is 0 Å². The molecule has 0 saturated heterocycles. The van der Waals surface area contributed by atoms with Crippen LogP contribution in [-0.2, 0) is 6.42 Å². The third-order valence-electron chi connectivity index (χ3n) is 4.38. The summed E-state index contributed by atoms with van der Waals surface area (Å²) in [4.78, 5) is 12.5. The highest BCUT2D eigenvalue weighted by Gasteiger charge is 2.10. The van der Waals surface area contributed by atoms with E-state index in [-0.39, 0.29) is 5.78 Å². The summed E-state index contributed by atoms with van der Waals surface area (Å²) in [5, 5.41) is 5.19. The van der Waals surface area contributed by atoms with Crippen LogP contribution in [0.3, 0.4) is 0 Å². The predicted octanol–water partition coefficient (Wildman–Crippen LogP) is 3.87. The number of hydrogen-bond donors (Lipinski definition) is 1. The van der Waals surface area contributed by atoms with Crippen molar-refractivity contribution in [1.82, 2.24) is 5.32 Å². The number of benzene rings is 3. The zero-order valence-corrected chi connectivity index (χ0v) is 15.1. The molecule has 0 spiro atoms. The summed E-state index contributed by atoms with van der Waals surface area (Å²) in [7, 11) is 3.22. The van der Waals surface area contributed by atoms with E-state index >= 15 is 0 Å². The molecule has 0 bridgehead atoms. The molecule has 3 rings (SSSR count). The van der Waals surface area contributed by atoms with E-state index in [0.29, 0.717) is 23.6 Å². The van der Waals surface area contributed by atoms with Crippen LogP contribution in [-0.4, -0.2) is 33.1 Å². The number of ether oxygens (including phenoxy) is 2. The van der Waals surface area contributed by atoms with E-state index in [9.17, 15) is 4.79 Å². The van der Waals surface area contributed by atoms with Crippen molar-refractivity contribution in [2.24, 2.45) is 0 Å². The third kappa shape index (κ3) is 4.21. The van der Waals surface area contributed by atoms with Gasteiger partial charge >= 0.3 is 0 Å². The lowest BCUT2D eigenvalue weighted by molar-refractivity contribution is 0.0991. The molecular formula is C22H23NO3. The molecular weight excluding hydrogens is 326 g/mol. The van der Waals surface area contributed by atoms with Gasteiger partial charge in [-0.05, 0) is 47.5 Å². The summed E-state index contributed by atoms with van der Waals surface area (Å²) in [6.07, 6.45) is 0.906. The van der Waals surface area contributed by atoms with Gasteiger partial charge in [-0.25, -0.2) is 0 Å². The molecule has 3 aromatic rings. The number of carbonyl (C=O) groups is 1. The van der Waals surface area contributed by atoms with Crippen molar-refractivity contribution in [3.8, 4) is 11.5 Å². The Morgan fingerprint density at radius 2 is 1.58 bits per heavy atom. The minimum absolute atomic E-state index is 0.0785. The molecule has 0 aliphatic rings. The molecule has 0 amide bonds. The van der Waals surface area contributed by atoms with Gasteiger partial charge in [-0.2, -0.15) is 0 Å². The number of fused-ring (bicyclic) bond motifs is 1. The van der Waals surface area contributed by atoms with E-state index in [1.165, 1.54) is 5.56 Å². The number of carbonyl (C=O) groups excluding carboxylic acids is 1. The second-order valence-electron chi connectivity index (χ2n) is 6.10. The number of Topliss-reactive ketones (excluding diaryl/α,β-unsaturated/α-hetero) is 1. The van der Waals surface area contributed by atoms with Crippen molar-refractivity contribution in [3.63, 3.8) is 0 Å². The molecule has 134 valence electrons. The summed E-state index contributed by atoms with van der Waals surface area (Å²) in [6, 6.07) is 19.8. The van der Waals surface area contributed by atoms with Crippen molar-refractivity contribution in [1.29, 1.82) is 0 Å². The Kier molecular flexibility index (Phi) is 5.87. The molecule has 3 aromatic carbocycles. The fourth-order valence-corrected chi connectivity index (χ4v) is 2.93. The Morgan fingerprint density at radius 3 is 2.27 bits per heavy atom. The van der Waals surface area contributed by atoms with E-state index in [4.69, 9.17) is 9.47 Å². The molecule has 4 nitrogen and oxygen atoms in total. The van der Waals surface area contributed by atoms with E-state index in [2.05, 4.69) is 17.4 Å². The van der Waals surface area contributed by atoms with Crippen LogP contribution in [0.1, 0.15) is 15.9 Å². The second kappa shape index (κ2) is 8.50. The van der Waals surface area contributed by atoms with Crippen LogP contribution in [0.15, 0.2) is 60.7 Å². The predicted molar refractivity (Wildman–Crippen MR) is 104 cm³/mol. The molecule has 0 saturated carbocycles. The first-order chi connectivity index (χ1) is 12.7. The quantitative estimate of drug-likeness (QED) is 0.495. The molecule has 1 N–H and O–H groups in total. The summed E-state index contributed by atoms with van der Waals surface area (Å²) < 4.78 is 10.7. The number of rotatable bonds is 8. The molecule has 0 radical (unpaired) electrons. The number of methoxy groups -OCH3 is 2. The summed E-state index contributed by atoms with van der Waals surface area (Å²) in [5.74, 6) is 1.42. The monoisotopic (exact) mass is 349 g/mol. The maximum Gasteiger partial charge on any atom is 0.176 e. The second-order valence-corrected chi connectivity index (χ2v) is 6.10.